The zero-order valence-corrected chi connectivity index (χ0v) is 21.2. The molecule has 3 heterocycles. The van der Waals surface area contributed by atoms with Crippen LogP contribution >= 0.6 is 0 Å². The Labute approximate surface area is 222 Å². The fraction of sp³-hybridized carbons (Fsp3) is 0.185. The number of hydroxylamine groups is 1. The smallest absolute Gasteiger partial charge is 0.247 e. The van der Waals surface area contributed by atoms with Crippen LogP contribution in [0.5, 0.6) is 5.75 Å². The van der Waals surface area contributed by atoms with Crippen molar-refractivity contribution in [3.63, 3.8) is 0 Å². The summed E-state index contributed by atoms with van der Waals surface area (Å²) in [6.45, 7) is 5.67. The average molecular weight is 534 g/mol. The molecule has 0 radical (unpaired) electrons. The van der Waals surface area contributed by atoms with E-state index < -0.39 is 23.6 Å². The molecule has 1 aliphatic heterocycles. The van der Waals surface area contributed by atoms with Crippen molar-refractivity contribution in [1.82, 2.24) is 19.5 Å². The van der Waals surface area contributed by atoms with Gasteiger partial charge >= 0.3 is 0 Å². The van der Waals surface area contributed by atoms with Gasteiger partial charge in [0, 0.05) is 36.5 Å². The van der Waals surface area contributed by atoms with Crippen LogP contribution in [0, 0.1) is 18.6 Å². The number of aryl methyl sites for hydroxylation is 1. The number of methoxy groups -OCH3 is 1. The number of ether oxygens (including phenoxy) is 1. The number of benzene rings is 2. The van der Waals surface area contributed by atoms with E-state index in [1.54, 1.807) is 30.6 Å². The van der Waals surface area contributed by atoms with Crippen LogP contribution < -0.4 is 20.4 Å². The third-order valence-corrected chi connectivity index (χ3v) is 6.21. The number of carbonyl (C=O) groups is 1. The second-order valence-corrected chi connectivity index (χ2v) is 8.62. The van der Waals surface area contributed by atoms with Crippen molar-refractivity contribution in [3.8, 4) is 11.4 Å². The maximum atomic E-state index is 14.5. The van der Waals surface area contributed by atoms with Crippen LogP contribution in [0.1, 0.15) is 23.9 Å². The highest BCUT2D eigenvalue weighted by molar-refractivity contribution is 6.01. The van der Waals surface area contributed by atoms with Gasteiger partial charge < -0.3 is 19.9 Å². The van der Waals surface area contributed by atoms with Crippen molar-refractivity contribution in [2.24, 2.45) is 0 Å². The molecule has 0 bridgehead atoms. The quantitative estimate of drug-likeness (QED) is 0.305. The van der Waals surface area contributed by atoms with Crippen LogP contribution in [0.2, 0.25) is 0 Å². The number of amides is 1. The molecule has 1 amide bonds. The molecule has 2 aromatic heterocycles. The second-order valence-electron chi connectivity index (χ2n) is 8.62. The first-order valence-electron chi connectivity index (χ1n) is 12.0. The minimum absolute atomic E-state index is 0.176. The molecule has 4 aromatic rings. The number of hydrogen-bond donors (Lipinski definition) is 2. The van der Waals surface area contributed by atoms with Crippen molar-refractivity contribution < 1.29 is 23.1 Å². The standard InChI is InChI=1S/C27H25F2N7O3/c1-4-27(37)34-20-12-21(24(38-3)13-23(20)35-9-8-30-16(35)2)33-25-14-26(32-15-31-25)36-22(7-10-39-36)18-11-17(28)5-6-19(18)29/h4-6,8-9,11-15,22H,1,7,10H2,2-3H3,(H,34,37)(H,31,32,33)/t22-/m1/s1. The van der Waals surface area contributed by atoms with Crippen molar-refractivity contribution in [1.29, 1.82) is 0 Å². The summed E-state index contributed by atoms with van der Waals surface area (Å²) in [5.74, 6) is 0.439. The lowest BCUT2D eigenvalue weighted by molar-refractivity contribution is -0.111. The third-order valence-electron chi connectivity index (χ3n) is 6.21. The van der Waals surface area contributed by atoms with E-state index in [4.69, 9.17) is 9.57 Å². The fourth-order valence-corrected chi connectivity index (χ4v) is 4.37. The van der Waals surface area contributed by atoms with Gasteiger partial charge in [-0.25, -0.2) is 28.8 Å². The van der Waals surface area contributed by atoms with E-state index >= 15 is 0 Å². The number of imidazole rings is 1. The average Bonchev–Trinajstić information content (AvgIpc) is 3.59. The normalized spacial score (nSPS) is 14.8. The Bertz CT molecular complexity index is 1540. The molecule has 12 heteroatoms. The van der Waals surface area contributed by atoms with E-state index in [2.05, 4.69) is 32.2 Å². The van der Waals surface area contributed by atoms with Gasteiger partial charge in [0.05, 0.1) is 36.8 Å². The van der Waals surface area contributed by atoms with Crippen LogP contribution in [-0.4, -0.2) is 39.1 Å². The SMILES string of the molecule is C=CC(=O)Nc1cc(Nc2cc(N3OCC[C@@H]3c3cc(F)ccc3F)ncn2)c(OC)cc1-n1ccnc1C. The Morgan fingerprint density at radius 3 is 2.77 bits per heavy atom. The second kappa shape index (κ2) is 10.9. The number of nitrogens with one attached hydrogen (secondary N) is 2. The largest absolute Gasteiger partial charge is 0.494 e. The van der Waals surface area contributed by atoms with Gasteiger partial charge in [0.2, 0.25) is 5.91 Å². The zero-order valence-electron chi connectivity index (χ0n) is 21.2. The number of carbonyl (C=O) groups excluding carboxylic acids is 1. The summed E-state index contributed by atoms with van der Waals surface area (Å²) in [5.41, 5.74) is 1.79. The Morgan fingerprint density at radius 2 is 2.03 bits per heavy atom. The maximum Gasteiger partial charge on any atom is 0.247 e. The Balaban J connectivity index is 1.49. The van der Waals surface area contributed by atoms with E-state index in [9.17, 15) is 13.6 Å². The molecule has 2 aromatic carbocycles. The lowest BCUT2D eigenvalue weighted by Gasteiger charge is -2.24. The molecule has 1 fully saturated rings. The van der Waals surface area contributed by atoms with Crippen molar-refractivity contribution in [2.75, 3.05) is 29.4 Å². The molecule has 2 N–H and O–H groups in total. The predicted octanol–water partition coefficient (Wildman–Crippen LogP) is 5.01. The number of nitrogens with zero attached hydrogens (tertiary/aromatic N) is 5. The first-order valence-corrected chi connectivity index (χ1v) is 12.0. The number of aromatic nitrogens is 4. The van der Waals surface area contributed by atoms with Crippen LogP contribution in [0.4, 0.5) is 31.8 Å². The van der Waals surface area contributed by atoms with Crippen LogP contribution in [0.3, 0.4) is 0 Å². The molecule has 200 valence electrons. The molecule has 0 spiro atoms. The number of hydrogen-bond acceptors (Lipinski definition) is 8. The van der Waals surface area contributed by atoms with Crippen LogP contribution in [0.25, 0.3) is 5.69 Å². The van der Waals surface area contributed by atoms with Crippen LogP contribution in [0.15, 0.2) is 67.8 Å². The molecule has 0 saturated carbocycles. The van der Waals surface area contributed by atoms with E-state index in [0.717, 1.165) is 18.2 Å². The van der Waals surface area contributed by atoms with Crippen molar-refractivity contribution in [3.05, 3.63) is 90.8 Å². The van der Waals surface area contributed by atoms with E-state index in [1.165, 1.54) is 24.6 Å². The Hall–Kier alpha value is -4.84. The summed E-state index contributed by atoms with van der Waals surface area (Å²) >= 11 is 0. The molecular weight excluding hydrogens is 508 g/mol. The highest BCUT2D eigenvalue weighted by atomic mass is 19.1. The van der Waals surface area contributed by atoms with Gasteiger partial charge in [-0.15, -0.1) is 0 Å². The van der Waals surface area contributed by atoms with Gasteiger partial charge in [-0.1, -0.05) is 6.58 Å². The molecule has 0 aliphatic carbocycles. The highest BCUT2D eigenvalue weighted by Crippen LogP contribution is 2.38. The molecule has 1 atom stereocenters. The van der Waals surface area contributed by atoms with Gasteiger partial charge in [0.15, 0.2) is 5.82 Å². The van der Waals surface area contributed by atoms with E-state index in [0.29, 0.717) is 53.3 Å². The minimum Gasteiger partial charge on any atom is -0.494 e. The van der Waals surface area contributed by atoms with E-state index in [-0.39, 0.29) is 5.56 Å². The van der Waals surface area contributed by atoms with Crippen molar-refractivity contribution in [2.45, 2.75) is 19.4 Å². The van der Waals surface area contributed by atoms with E-state index in [1.807, 2.05) is 11.5 Å². The molecule has 39 heavy (non-hydrogen) atoms. The molecule has 0 unspecified atom stereocenters. The molecule has 5 rings (SSSR count). The van der Waals surface area contributed by atoms with Gasteiger partial charge in [-0.05, 0) is 37.3 Å². The van der Waals surface area contributed by atoms with Crippen LogP contribution in [-0.2, 0) is 9.63 Å². The number of halogens is 2. The van der Waals surface area contributed by atoms with Gasteiger partial charge in [-0.3, -0.25) is 9.63 Å². The van der Waals surface area contributed by atoms with Gasteiger partial charge in [0.25, 0.3) is 0 Å². The number of anilines is 4. The van der Waals surface area contributed by atoms with Gasteiger partial charge in [0.1, 0.15) is 35.4 Å². The number of rotatable bonds is 8. The monoisotopic (exact) mass is 533 g/mol. The summed E-state index contributed by atoms with van der Waals surface area (Å²) < 4.78 is 35.8. The van der Waals surface area contributed by atoms with Gasteiger partial charge in [-0.2, -0.15) is 0 Å². The Kier molecular flexibility index (Phi) is 7.19. The minimum atomic E-state index is -0.573. The predicted molar refractivity (Wildman–Crippen MR) is 141 cm³/mol. The summed E-state index contributed by atoms with van der Waals surface area (Å²) in [5, 5.41) is 7.45. The lowest BCUT2D eigenvalue weighted by Crippen LogP contribution is -2.23. The molecule has 10 nitrogen and oxygen atoms in total. The highest BCUT2D eigenvalue weighted by Gasteiger charge is 2.31. The summed E-state index contributed by atoms with van der Waals surface area (Å²) in [7, 11) is 1.52. The molecule has 1 aliphatic rings. The summed E-state index contributed by atoms with van der Waals surface area (Å²) in [6.07, 6.45) is 6.37. The summed E-state index contributed by atoms with van der Waals surface area (Å²) in [6, 6.07) is 7.83. The summed E-state index contributed by atoms with van der Waals surface area (Å²) in [4.78, 5) is 30.8. The maximum absolute atomic E-state index is 14.5. The first-order chi connectivity index (χ1) is 18.9. The third kappa shape index (κ3) is 5.27. The first kappa shape index (κ1) is 25.8. The lowest BCUT2D eigenvalue weighted by atomic mass is 10.0. The molecular formula is C27H25F2N7O3. The topological polar surface area (TPSA) is 106 Å². The zero-order chi connectivity index (χ0) is 27.5. The molecule has 1 saturated heterocycles. The fourth-order valence-electron chi connectivity index (χ4n) is 4.37. The van der Waals surface area contributed by atoms with Crippen molar-refractivity contribution >= 4 is 28.9 Å². The Morgan fingerprint density at radius 1 is 1.18 bits per heavy atom.